The Morgan fingerprint density at radius 3 is 2.94 bits per heavy atom. The van der Waals surface area contributed by atoms with Gasteiger partial charge in [0.2, 0.25) is 11.8 Å². The Hall–Kier alpha value is -1.95. The smallest absolute Gasteiger partial charge is 0.229 e. The largest absolute Gasteiger partial charge is 0.390 e. The van der Waals surface area contributed by atoms with Gasteiger partial charge in [-0.1, -0.05) is 6.07 Å². The van der Waals surface area contributed by atoms with E-state index in [-0.39, 0.29) is 25.5 Å². The van der Waals surface area contributed by atoms with Crippen LogP contribution in [0.15, 0.2) is 18.2 Å². The first-order chi connectivity index (χ1) is 8.11. The lowest BCUT2D eigenvalue weighted by atomic mass is 10.1. The van der Waals surface area contributed by atoms with E-state index in [2.05, 4.69) is 4.98 Å². The molecule has 0 radical (unpaired) electrons. The fourth-order valence-electron chi connectivity index (χ4n) is 1.82. The number of anilines is 1. The van der Waals surface area contributed by atoms with Gasteiger partial charge in [0.05, 0.1) is 18.2 Å². The molecule has 0 aromatic carbocycles. The third-order valence-electron chi connectivity index (χ3n) is 2.76. The summed E-state index contributed by atoms with van der Waals surface area (Å²) in [4.78, 5) is 28.3. The predicted octanol–water partition coefficient (Wildman–Crippen LogP) is -0.588. The molecule has 2 amide bonds. The van der Waals surface area contributed by atoms with Crippen LogP contribution in [-0.2, 0) is 16.2 Å². The molecular formula is C11H13N3O3. The first kappa shape index (κ1) is 11.5. The van der Waals surface area contributed by atoms with E-state index in [1.54, 1.807) is 18.2 Å². The van der Waals surface area contributed by atoms with Gasteiger partial charge in [-0.15, -0.1) is 0 Å². The average Bonchev–Trinajstić information content (AvgIpc) is 2.72. The van der Waals surface area contributed by atoms with E-state index in [1.165, 1.54) is 4.90 Å². The van der Waals surface area contributed by atoms with E-state index in [1.807, 2.05) is 0 Å². The number of primary amides is 1. The van der Waals surface area contributed by atoms with Crippen molar-refractivity contribution in [2.24, 2.45) is 11.7 Å². The summed E-state index contributed by atoms with van der Waals surface area (Å²) in [5, 5.41) is 8.97. The number of carbonyl (C=O) groups excluding carboxylic acids is 2. The molecular weight excluding hydrogens is 222 g/mol. The van der Waals surface area contributed by atoms with Gasteiger partial charge in [0, 0.05) is 13.0 Å². The van der Waals surface area contributed by atoms with E-state index in [9.17, 15) is 9.59 Å². The molecule has 0 saturated carbocycles. The third kappa shape index (κ3) is 2.26. The fraction of sp³-hybridized carbons (Fsp3) is 0.364. The molecule has 1 aliphatic heterocycles. The number of aliphatic hydroxyl groups excluding tert-OH is 1. The zero-order chi connectivity index (χ0) is 12.4. The van der Waals surface area contributed by atoms with Crippen LogP contribution >= 0.6 is 0 Å². The van der Waals surface area contributed by atoms with Gasteiger partial charge in [-0.3, -0.25) is 14.5 Å². The van der Waals surface area contributed by atoms with Crippen LogP contribution in [0.3, 0.4) is 0 Å². The second-order valence-corrected chi connectivity index (χ2v) is 3.95. The molecule has 1 aromatic rings. The summed E-state index contributed by atoms with van der Waals surface area (Å²) < 4.78 is 0. The van der Waals surface area contributed by atoms with Crippen molar-refractivity contribution in [3.63, 3.8) is 0 Å². The highest BCUT2D eigenvalue weighted by atomic mass is 16.3. The van der Waals surface area contributed by atoms with Gasteiger partial charge in [-0.2, -0.15) is 0 Å². The van der Waals surface area contributed by atoms with Crippen LogP contribution in [0.1, 0.15) is 12.1 Å². The van der Waals surface area contributed by atoms with E-state index in [4.69, 9.17) is 10.8 Å². The SMILES string of the molecule is NC(=O)C1CC(=O)N(c2cccc(CO)n2)C1. The predicted molar refractivity (Wildman–Crippen MR) is 59.8 cm³/mol. The number of rotatable bonds is 3. The first-order valence-electron chi connectivity index (χ1n) is 5.28. The summed E-state index contributed by atoms with van der Waals surface area (Å²) in [6.07, 6.45) is 0.125. The summed E-state index contributed by atoms with van der Waals surface area (Å²) in [6.45, 7) is 0.0746. The third-order valence-corrected chi connectivity index (χ3v) is 2.76. The molecule has 1 atom stereocenters. The summed E-state index contributed by atoms with van der Waals surface area (Å²) in [5.74, 6) is -0.650. The number of nitrogens with two attached hydrogens (primary N) is 1. The maximum atomic E-state index is 11.7. The van der Waals surface area contributed by atoms with Crippen LogP contribution in [0.2, 0.25) is 0 Å². The van der Waals surface area contributed by atoms with E-state index in [0.29, 0.717) is 11.5 Å². The Morgan fingerprint density at radius 2 is 2.35 bits per heavy atom. The lowest BCUT2D eigenvalue weighted by Crippen LogP contribution is -2.29. The molecule has 6 nitrogen and oxygen atoms in total. The quantitative estimate of drug-likeness (QED) is 0.732. The normalized spacial score (nSPS) is 19.7. The van der Waals surface area contributed by atoms with Crippen molar-refractivity contribution in [2.75, 3.05) is 11.4 Å². The topological polar surface area (TPSA) is 96.5 Å². The van der Waals surface area contributed by atoms with Crippen LogP contribution in [0.25, 0.3) is 0 Å². The monoisotopic (exact) mass is 235 g/mol. The highest BCUT2D eigenvalue weighted by Crippen LogP contribution is 2.23. The molecule has 0 aliphatic carbocycles. The zero-order valence-corrected chi connectivity index (χ0v) is 9.17. The number of amides is 2. The standard InChI is InChI=1S/C11H13N3O3/c12-11(17)7-4-10(16)14(5-7)9-3-1-2-8(6-15)13-9/h1-3,7,15H,4-6H2,(H2,12,17). The molecule has 1 fully saturated rings. The maximum absolute atomic E-state index is 11.7. The van der Waals surface area contributed by atoms with Gasteiger partial charge in [0.1, 0.15) is 5.82 Å². The number of nitrogens with zero attached hydrogens (tertiary/aromatic N) is 2. The Balaban J connectivity index is 2.22. The maximum Gasteiger partial charge on any atom is 0.229 e. The Morgan fingerprint density at radius 1 is 1.59 bits per heavy atom. The number of hydrogen-bond donors (Lipinski definition) is 2. The van der Waals surface area contributed by atoms with E-state index in [0.717, 1.165) is 0 Å². The number of aliphatic hydroxyl groups is 1. The van der Waals surface area contributed by atoms with Gasteiger partial charge < -0.3 is 10.8 Å². The second-order valence-electron chi connectivity index (χ2n) is 3.95. The molecule has 1 aliphatic rings. The van der Waals surface area contributed by atoms with Crippen LogP contribution in [-0.4, -0.2) is 28.4 Å². The molecule has 0 spiro atoms. The van der Waals surface area contributed by atoms with Gasteiger partial charge in [0.15, 0.2) is 0 Å². The minimum Gasteiger partial charge on any atom is -0.390 e. The molecule has 0 bridgehead atoms. The van der Waals surface area contributed by atoms with Crippen LogP contribution in [0.5, 0.6) is 0 Å². The molecule has 1 saturated heterocycles. The van der Waals surface area contributed by atoms with Gasteiger partial charge in [0.25, 0.3) is 0 Å². The van der Waals surface area contributed by atoms with Crippen LogP contribution in [0, 0.1) is 5.92 Å². The second kappa shape index (κ2) is 4.50. The van der Waals surface area contributed by atoms with Crippen molar-refractivity contribution in [1.82, 2.24) is 4.98 Å². The van der Waals surface area contributed by atoms with Crippen molar-refractivity contribution >= 4 is 17.6 Å². The van der Waals surface area contributed by atoms with Crippen molar-refractivity contribution in [3.05, 3.63) is 23.9 Å². The molecule has 6 heteroatoms. The van der Waals surface area contributed by atoms with Crippen molar-refractivity contribution in [3.8, 4) is 0 Å². The molecule has 3 N–H and O–H groups in total. The van der Waals surface area contributed by atoms with E-state index >= 15 is 0 Å². The minimum atomic E-state index is -0.473. The van der Waals surface area contributed by atoms with Gasteiger partial charge in [-0.05, 0) is 12.1 Å². The van der Waals surface area contributed by atoms with Crippen molar-refractivity contribution in [1.29, 1.82) is 0 Å². The van der Waals surface area contributed by atoms with Gasteiger partial charge >= 0.3 is 0 Å². The Labute approximate surface area is 98.1 Å². The minimum absolute atomic E-state index is 0.125. The number of pyridine rings is 1. The first-order valence-corrected chi connectivity index (χ1v) is 5.28. The number of carbonyl (C=O) groups is 2. The molecule has 17 heavy (non-hydrogen) atoms. The van der Waals surface area contributed by atoms with Crippen molar-refractivity contribution in [2.45, 2.75) is 13.0 Å². The molecule has 90 valence electrons. The lowest BCUT2D eigenvalue weighted by Gasteiger charge is -2.15. The van der Waals surface area contributed by atoms with Crippen molar-refractivity contribution < 1.29 is 14.7 Å². The lowest BCUT2D eigenvalue weighted by molar-refractivity contribution is -0.123. The number of aromatic nitrogens is 1. The average molecular weight is 235 g/mol. The fourth-order valence-corrected chi connectivity index (χ4v) is 1.82. The zero-order valence-electron chi connectivity index (χ0n) is 9.17. The Bertz CT molecular complexity index is 461. The molecule has 2 rings (SSSR count). The molecule has 1 aromatic heterocycles. The molecule has 2 heterocycles. The summed E-state index contributed by atoms with van der Waals surface area (Å²) in [7, 11) is 0. The van der Waals surface area contributed by atoms with Gasteiger partial charge in [-0.25, -0.2) is 4.98 Å². The highest BCUT2D eigenvalue weighted by molar-refractivity contribution is 5.99. The van der Waals surface area contributed by atoms with Crippen LogP contribution < -0.4 is 10.6 Å². The van der Waals surface area contributed by atoms with E-state index < -0.39 is 11.8 Å². The summed E-state index contributed by atoms with van der Waals surface area (Å²) in [6, 6.07) is 5.04. The highest BCUT2D eigenvalue weighted by Gasteiger charge is 2.34. The molecule has 1 unspecified atom stereocenters. The summed E-state index contributed by atoms with van der Waals surface area (Å²) >= 11 is 0. The number of hydrogen-bond acceptors (Lipinski definition) is 4. The Kier molecular flexibility index (Phi) is 3.06. The van der Waals surface area contributed by atoms with Crippen LogP contribution in [0.4, 0.5) is 5.82 Å². The summed E-state index contributed by atoms with van der Waals surface area (Å²) in [5.41, 5.74) is 5.66.